The average molecular weight is 217 g/mol. The molecule has 11 heavy (non-hydrogen) atoms. The average Bonchev–Trinajstić information content (AvgIpc) is 1.85. The number of aliphatic hydroxyl groups excluding tert-OH is 1. The Morgan fingerprint density at radius 1 is 1.45 bits per heavy atom. The first-order valence-corrected chi connectivity index (χ1v) is 4.07. The second-order valence-corrected chi connectivity index (χ2v) is 3.20. The van der Waals surface area contributed by atoms with Crippen molar-refractivity contribution in [1.82, 2.24) is 0 Å². The fourth-order valence-corrected chi connectivity index (χ4v) is 1.63. The van der Waals surface area contributed by atoms with E-state index in [1.807, 2.05) is 0 Å². The van der Waals surface area contributed by atoms with Crippen molar-refractivity contribution in [1.29, 1.82) is 0 Å². The molecule has 1 aromatic rings. The molecule has 60 valence electrons. The maximum Gasteiger partial charge on any atom is 0.122 e. The van der Waals surface area contributed by atoms with Gasteiger partial charge >= 0.3 is 0 Å². The second kappa shape index (κ2) is 3.24. The molecule has 0 radical (unpaired) electrons. The number of phenolic OH excluding ortho intramolecular Hbond substituents is 1. The van der Waals surface area contributed by atoms with Gasteiger partial charge in [0.25, 0.3) is 0 Å². The third-order valence-electron chi connectivity index (χ3n) is 1.45. The van der Waals surface area contributed by atoms with Crippen LogP contribution >= 0.6 is 15.9 Å². The van der Waals surface area contributed by atoms with Crippen LogP contribution in [0.2, 0.25) is 0 Å². The van der Waals surface area contributed by atoms with E-state index in [0.29, 0.717) is 5.56 Å². The van der Waals surface area contributed by atoms with Crippen molar-refractivity contribution in [3.05, 3.63) is 28.2 Å². The number of hydrogen-bond acceptors (Lipinski definition) is 2. The molecule has 3 heteroatoms. The topological polar surface area (TPSA) is 40.5 Å². The van der Waals surface area contributed by atoms with Gasteiger partial charge in [-0.25, -0.2) is 0 Å². The molecule has 1 unspecified atom stereocenters. The maximum atomic E-state index is 9.27. The Bertz CT molecular complexity index is 238. The monoisotopic (exact) mass is 216 g/mol. The van der Waals surface area contributed by atoms with Gasteiger partial charge in [0.05, 0.1) is 6.10 Å². The van der Waals surface area contributed by atoms with Gasteiger partial charge in [0.2, 0.25) is 0 Å². The number of rotatable bonds is 1. The highest BCUT2D eigenvalue weighted by atomic mass is 79.9. The molecule has 1 atom stereocenters. The van der Waals surface area contributed by atoms with E-state index in [9.17, 15) is 10.2 Å². The molecular formula is C8H9BrO2. The largest absolute Gasteiger partial charge is 0.508 e. The molecule has 0 spiro atoms. The Morgan fingerprint density at radius 2 is 2.09 bits per heavy atom. The van der Waals surface area contributed by atoms with Crippen LogP contribution in [0.15, 0.2) is 22.7 Å². The minimum absolute atomic E-state index is 0.120. The molecule has 2 nitrogen and oxygen atoms in total. The number of benzene rings is 1. The van der Waals surface area contributed by atoms with Crippen LogP contribution in [-0.2, 0) is 0 Å². The predicted molar refractivity (Wildman–Crippen MR) is 46.4 cm³/mol. The first-order chi connectivity index (χ1) is 5.13. The first-order valence-electron chi connectivity index (χ1n) is 3.28. The molecule has 0 saturated carbocycles. The van der Waals surface area contributed by atoms with Crippen LogP contribution in [0.5, 0.6) is 5.75 Å². The maximum absolute atomic E-state index is 9.27. The zero-order valence-electron chi connectivity index (χ0n) is 6.08. The van der Waals surface area contributed by atoms with Crippen molar-refractivity contribution in [2.24, 2.45) is 0 Å². The molecule has 0 aliphatic heterocycles. The molecular weight excluding hydrogens is 208 g/mol. The van der Waals surface area contributed by atoms with E-state index >= 15 is 0 Å². The zero-order chi connectivity index (χ0) is 8.43. The van der Waals surface area contributed by atoms with Crippen LogP contribution in [0.1, 0.15) is 18.6 Å². The van der Waals surface area contributed by atoms with E-state index in [1.165, 1.54) is 0 Å². The van der Waals surface area contributed by atoms with Gasteiger partial charge in [-0.15, -0.1) is 0 Å². The van der Waals surface area contributed by atoms with Crippen LogP contribution in [0, 0.1) is 0 Å². The third kappa shape index (κ3) is 1.73. The van der Waals surface area contributed by atoms with Gasteiger partial charge in [-0.05, 0) is 19.1 Å². The molecule has 0 amide bonds. The van der Waals surface area contributed by atoms with Gasteiger partial charge in [0.15, 0.2) is 0 Å². The van der Waals surface area contributed by atoms with E-state index in [-0.39, 0.29) is 5.75 Å². The molecule has 1 aromatic carbocycles. The standard InChI is InChI=1S/C8H9BrO2/c1-5(10)8-6(9)3-2-4-7(8)11/h2-5,10-11H,1H3. The van der Waals surface area contributed by atoms with Gasteiger partial charge in [-0.2, -0.15) is 0 Å². The number of hydrogen-bond donors (Lipinski definition) is 2. The number of phenols is 1. The van der Waals surface area contributed by atoms with E-state index in [2.05, 4.69) is 15.9 Å². The first kappa shape index (κ1) is 8.56. The Kier molecular flexibility index (Phi) is 2.52. The normalized spacial score (nSPS) is 13.0. The number of aliphatic hydroxyl groups is 1. The van der Waals surface area contributed by atoms with E-state index in [0.717, 1.165) is 4.47 Å². The molecule has 1 rings (SSSR count). The van der Waals surface area contributed by atoms with Crippen molar-refractivity contribution in [2.75, 3.05) is 0 Å². The molecule has 0 fully saturated rings. The van der Waals surface area contributed by atoms with Gasteiger partial charge in [-0.1, -0.05) is 22.0 Å². The van der Waals surface area contributed by atoms with Crippen LogP contribution in [0.3, 0.4) is 0 Å². The van der Waals surface area contributed by atoms with Crippen molar-refractivity contribution in [2.45, 2.75) is 13.0 Å². The summed E-state index contributed by atoms with van der Waals surface area (Å²) in [6, 6.07) is 5.04. The van der Waals surface area contributed by atoms with Crippen molar-refractivity contribution in [3.8, 4) is 5.75 Å². The molecule has 0 saturated heterocycles. The fraction of sp³-hybridized carbons (Fsp3) is 0.250. The zero-order valence-corrected chi connectivity index (χ0v) is 7.67. The summed E-state index contributed by atoms with van der Waals surface area (Å²) in [6.07, 6.45) is -0.648. The minimum Gasteiger partial charge on any atom is -0.508 e. The lowest BCUT2D eigenvalue weighted by atomic mass is 10.1. The lowest BCUT2D eigenvalue weighted by Gasteiger charge is -2.08. The van der Waals surface area contributed by atoms with Crippen LogP contribution in [0.4, 0.5) is 0 Å². The van der Waals surface area contributed by atoms with E-state index in [4.69, 9.17) is 0 Å². The number of halogens is 1. The van der Waals surface area contributed by atoms with Crippen molar-refractivity contribution >= 4 is 15.9 Å². The second-order valence-electron chi connectivity index (χ2n) is 2.35. The SMILES string of the molecule is CC(O)c1c(O)cccc1Br. The summed E-state index contributed by atoms with van der Waals surface area (Å²) in [5, 5.41) is 18.5. The third-order valence-corrected chi connectivity index (χ3v) is 2.14. The predicted octanol–water partition coefficient (Wildman–Crippen LogP) is 2.21. The Hall–Kier alpha value is -0.540. The highest BCUT2D eigenvalue weighted by Crippen LogP contribution is 2.30. The van der Waals surface area contributed by atoms with Crippen molar-refractivity contribution in [3.63, 3.8) is 0 Å². The summed E-state index contributed by atoms with van der Waals surface area (Å²) in [5.74, 6) is 0.120. The highest BCUT2D eigenvalue weighted by molar-refractivity contribution is 9.10. The molecule has 0 heterocycles. The summed E-state index contributed by atoms with van der Waals surface area (Å²) in [5.41, 5.74) is 0.535. The fourth-order valence-electron chi connectivity index (χ4n) is 0.939. The molecule has 2 N–H and O–H groups in total. The van der Waals surface area contributed by atoms with E-state index < -0.39 is 6.10 Å². The van der Waals surface area contributed by atoms with Gasteiger partial charge in [-0.3, -0.25) is 0 Å². The Balaban J connectivity index is 3.21. The smallest absolute Gasteiger partial charge is 0.122 e. The summed E-state index contributed by atoms with van der Waals surface area (Å²) in [6.45, 7) is 1.61. The van der Waals surface area contributed by atoms with E-state index in [1.54, 1.807) is 25.1 Å². The van der Waals surface area contributed by atoms with Crippen molar-refractivity contribution < 1.29 is 10.2 Å². The van der Waals surface area contributed by atoms with Gasteiger partial charge < -0.3 is 10.2 Å². The summed E-state index contributed by atoms with van der Waals surface area (Å²) in [7, 11) is 0. The van der Waals surface area contributed by atoms with Crippen LogP contribution in [-0.4, -0.2) is 10.2 Å². The quantitative estimate of drug-likeness (QED) is 0.756. The van der Waals surface area contributed by atoms with Crippen LogP contribution in [0.25, 0.3) is 0 Å². The summed E-state index contributed by atoms with van der Waals surface area (Å²) in [4.78, 5) is 0. The van der Waals surface area contributed by atoms with Gasteiger partial charge in [0, 0.05) is 10.0 Å². The Morgan fingerprint density at radius 3 is 2.45 bits per heavy atom. The molecule has 0 aliphatic rings. The lowest BCUT2D eigenvalue weighted by Crippen LogP contribution is -1.92. The highest BCUT2D eigenvalue weighted by Gasteiger charge is 2.09. The summed E-state index contributed by atoms with van der Waals surface area (Å²) < 4.78 is 0.729. The van der Waals surface area contributed by atoms with Crippen LogP contribution < -0.4 is 0 Å². The molecule has 0 aliphatic carbocycles. The molecule has 0 aromatic heterocycles. The number of aromatic hydroxyl groups is 1. The molecule has 0 bridgehead atoms. The minimum atomic E-state index is -0.648. The van der Waals surface area contributed by atoms with Gasteiger partial charge in [0.1, 0.15) is 5.75 Å². The lowest BCUT2D eigenvalue weighted by molar-refractivity contribution is 0.194. The Labute approximate surface area is 73.6 Å². The summed E-state index contributed by atoms with van der Waals surface area (Å²) >= 11 is 3.23.